The molecule has 0 aromatic carbocycles. The maximum Gasteiger partial charge on any atom is 0.243 e. The molecule has 2 atom stereocenters. The van der Waals surface area contributed by atoms with E-state index in [1.807, 2.05) is 0 Å². The lowest BCUT2D eigenvalue weighted by molar-refractivity contribution is 0.212. The van der Waals surface area contributed by atoms with Crippen molar-refractivity contribution in [3.8, 4) is 0 Å². The van der Waals surface area contributed by atoms with E-state index in [4.69, 9.17) is 5.73 Å². The van der Waals surface area contributed by atoms with E-state index in [0.29, 0.717) is 36.4 Å². The predicted octanol–water partition coefficient (Wildman–Crippen LogP) is 1.87. The van der Waals surface area contributed by atoms with Crippen LogP contribution in [0.1, 0.15) is 25.1 Å². The van der Waals surface area contributed by atoms with E-state index in [-0.39, 0.29) is 0 Å². The van der Waals surface area contributed by atoms with Gasteiger partial charge in [-0.3, -0.25) is 0 Å². The number of nitrogens with zero attached hydrogens (tertiary/aromatic N) is 1. The van der Waals surface area contributed by atoms with Gasteiger partial charge in [0, 0.05) is 29.9 Å². The van der Waals surface area contributed by atoms with E-state index >= 15 is 0 Å². The van der Waals surface area contributed by atoms with Gasteiger partial charge in [0.1, 0.15) is 0 Å². The van der Waals surface area contributed by atoms with Crippen LogP contribution in [0.3, 0.4) is 0 Å². The average Bonchev–Trinajstić information content (AvgIpc) is 2.81. The summed E-state index contributed by atoms with van der Waals surface area (Å²) in [5, 5.41) is 1.69. The maximum atomic E-state index is 12.5. The summed E-state index contributed by atoms with van der Waals surface area (Å²) in [5.74, 6) is 1.01. The van der Waals surface area contributed by atoms with Crippen molar-refractivity contribution in [2.75, 3.05) is 13.1 Å². The molecule has 1 aromatic heterocycles. The minimum atomic E-state index is -3.32. The number of thiophene rings is 1. The smallest absolute Gasteiger partial charge is 0.243 e. The highest BCUT2D eigenvalue weighted by molar-refractivity contribution is 7.89. The van der Waals surface area contributed by atoms with E-state index in [0.717, 1.165) is 11.3 Å². The van der Waals surface area contributed by atoms with Crippen LogP contribution in [0.2, 0.25) is 0 Å². The van der Waals surface area contributed by atoms with Gasteiger partial charge in [0.05, 0.1) is 4.90 Å². The van der Waals surface area contributed by atoms with Gasteiger partial charge in [-0.1, -0.05) is 13.8 Å². The summed E-state index contributed by atoms with van der Waals surface area (Å²) in [5.41, 5.74) is 5.53. The van der Waals surface area contributed by atoms with Crippen LogP contribution in [-0.4, -0.2) is 25.8 Å². The molecule has 0 spiro atoms. The topological polar surface area (TPSA) is 63.4 Å². The van der Waals surface area contributed by atoms with E-state index in [9.17, 15) is 8.42 Å². The number of sulfonamides is 1. The molecule has 0 radical (unpaired) electrons. The second kappa shape index (κ2) is 5.28. The van der Waals surface area contributed by atoms with Crippen LogP contribution in [0.5, 0.6) is 0 Å². The SMILES string of the molecule is CC1CCN(S(=O)(=O)c2csc(CN)c2)CC1C. The second-order valence-electron chi connectivity index (χ2n) is 5.06. The zero-order valence-electron chi connectivity index (χ0n) is 10.8. The van der Waals surface area contributed by atoms with Crippen LogP contribution in [0.25, 0.3) is 0 Å². The Balaban J connectivity index is 2.21. The van der Waals surface area contributed by atoms with Gasteiger partial charge in [0.2, 0.25) is 10.0 Å². The van der Waals surface area contributed by atoms with Crippen LogP contribution < -0.4 is 5.73 Å². The summed E-state index contributed by atoms with van der Waals surface area (Å²) in [4.78, 5) is 1.31. The lowest BCUT2D eigenvalue weighted by Crippen LogP contribution is -2.41. The summed E-state index contributed by atoms with van der Waals surface area (Å²) < 4.78 is 26.5. The third kappa shape index (κ3) is 2.61. The van der Waals surface area contributed by atoms with Gasteiger partial charge >= 0.3 is 0 Å². The molecule has 2 heterocycles. The Labute approximate surface area is 113 Å². The monoisotopic (exact) mass is 288 g/mol. The van der Waals surface area contributed by atoms with Crippen molar-refractivity contribution in [3.63, 3.8) is 0 Å². The lowest BCUT2D eigenvalue weighted by Gasteiger charge is -2.34. The van der Waals surface area contributed by atoms with Crippen molar-refractivity contribution in [2.24, 2.45) is 17.6 Å². The Hall–Kier alpha value is -0.430. The predicted molar refractivity (Wildman–Crippen MR) is 73.9 cm³/mol. The third-order valence-corrected chi connectivity index (χ3v) is 6.72. The summed E-state index contributed by atoms with van der Waals surface area (Å²) in [6, 6.07) is 1.70. The first kappa shape index (κ1) is 14.0. The fourth-order valence-electron chi connectivity index (χ4n) is 2.19. The van der Waals surface area contributed by atoms with Gasteiger partial charge in [0.15, 0.2) is 0 Å². The van der Waals surface area contributed by atoms with Gasteiger partial charge in [-0.05, 0) is 24.3 Å². The average molecular weight is 288 g/mol. The summed E-state index contributed by atoms with van der Waals surface area (Å²) in [6.07, 6.45) is 0.939. The summed E-state index contributed by atoms with van der Waals surface area (Å²) in [7, 11) is -3.32. The molecule has 1 aromatic rings. The largest absolute Gasteiger partial charge is 0.326 e. The first-order valence-corrected chi connectivity index (χ1v) is 8.54. The van der Waals surface area contributed by atoms with Crippen LogP contribution in [0.4, 0.5) is 0 Å². The zero-order chi connectivity index (χ0) is 13.3. The van der Waals surface area contributed by atoms with E-state index < -0.39 is 10.0 Å². The number of rotatable bonds is 3. The molecule has 0 saturated carbocycles. The van der Waals surface area contributed by atoms with Gasteiger partial charge in [0.25, 0.3) is 0 Å². The molecule has 6 heteroatoms. The Morgan fingerprint density at radius 2 is 2.17 bits per heavy atom. The van der Waals surface area contributed by atoms with Crippen molar-refractivity contribution in [3.05, 3.63) is 16.3 Å². The van der Waals surface area contributed by atoms with E-state index in [2.05, 4.69) is 13.8 Å². The van der Waals surface area contributed by atoms with E-state index in [1.54, 1.807) is 15.8 Å². The minimum absolute atomic E-state index is 0.396. The first-order valence-electron chi connectivity index (χ1n) is 6.22. The highest BCUT2D eigenvalue weighted by Gasteiger charge is 2.32. The van der Waals surface area contributed by atoms with Crippen molar-refractivity contribution in [1.29, 1.82) is 0 Å². The molecule has 1 aliphatic rings. The Morgan fingerprint density at radius 1 is 1.44 bits per heavy atom. The summed E-state index contributed by atoms with van der Waals surface area (Å²) >= 11 is 1.41. The van der Waals surface area contributed by atoms with Crippen LogP contribution >= 0.6 is 11.3 Å². The van der Waals surface area contributed by atoms with E-state index in [1.165, 1.54) is 11.3 Å². The van der Waals surface area contributed by atoms with Crippen molar-refractivity contribution in [2.45, 2.75) is 31.7 Å². The van der Waals surface area contributed by atoms with Crippen LogP contribution in [-0.2, 0) is 16.6 Å². The molecule has 1 fully saturated rings. The normalized spacial score (nSPS) is 26.4. The maximum absolute atomic E-state index is 12.5. The Bertz CT molecular complexity index is 510. The van der Waals surface area contributed by atoms with Gasteiger partial charge < -0.3 is 5.73 Å². The van der Waals surface area contributed by atoms with Gasteiger partial charge in [-0.2, -0.15) is 4.31 Å². The fraction of sp³-hybridized carbons (Fsp3) is 0.667. The van der Waals surface area contributed by atoms with Crippen molar-refractivity contribution < 1.29 is 8.42 Å². The first-order chi connectivity index (χ1) is 8.45. The fourth-order valence-corrected chi connectivity index (χ4v) is 4.89. The summed E-state index contributed by atoms with van der Waals surface area (Å²) in [6.45, 7) is 5.95. The molecular formula is C12H20N2O2S2. The van der Waals surface area contributed by atoms with Crippen LogP contribution in [0, 0.1) is 11.8 Å². The minimum Gasteiger partial charge on any atom is -0.326 e. The van der Waals surface area contributed by atoms with Crippen molar-refractivity contribution in [1.82, 2.24) is 4.31 Å². The molecule has 2 N–H and O–H groups in total. The molecule has 0 bridgehead atoms. The molecule has 102 valence electrons. The second-order valence-corrected chi connectivity index (χ2v) is 7.99. The zero-order valence-corrected chi connectivity index (χ0v) is 12.4. The third-order valence-electron chi connectivity index (χ3n) is 3.77. The molecule has 1 saturated heterocycles. The lowest BCUT2D eigenvalue weighted by atomic mass is 9.90. The quantitative estimate of drug-likeness (QED) is 0.923. The molecule has 18 heavy (non-hydrogen) atoms. The highest BCUT2D eigenvalue weighted by Crippen LogP contribution is 2.29. The number of hydrogen-bond acceptors (Lipinski definition) is 4. The van der Waals surface area contributed by atoms with Crippen molar-refractivity contribution >= 4 is 21.4 Å². The molecule has 2 unspecified atom stereocenters. The molecular weight excluding hydrogens is 268 g/mol. The number of nitrogens with two attached hydrogens (primary N) is 1. The van der Waals surface area contributed by atoms with Crippen LogP contribution in [0.15, 0.2) is 16.3 Å². The molecule has 0 amide bonds. The molecule has 0 aliphatic carbocycles. The van der Waals surface area contributed by atoms with Gasteiger partial charge in [-0.25, -0.2) is 8.42 Å². The molecule has 4 nitrogen and oxygen atoms in total. The Kier molecular flexibility index (Phi) is 4.11. The molecule has 1 aliphatic heterocycles. The standard InChI is InChI=1S/C12H20N2O2S2/c1-9-3-4-14(7-10(9)2)18(15,16)12-5-11(6-13)17-8-12/h5,8-10H,3-4,6-7,13H2,1-2H3. The number of piperidine rings is 1. The van der Waals surface area contributed by atoms with Gasteiger partial charge in [-0.15, -0.1) is 11.3 Å². The number of hydrogen-bond donors (Lipinski definition) is 1. The highest BCUT2D eigenvalue weighted by atomic mass is 32.2. The molecule has 2 rings (SSSR count). The Morgan fingerprint density at radius 3 is 2.72 bits per heavy atom.